The lowest BCUT2D eigenvalue weighted by Crippen LogP contribution is -2.44. The van der Waals surface area contributed by atoms with Crippen LogP contribution in [0.25, 0.3) is 22.0 Å². The molecular formula is C21H25ClN6O. The summed E-state index contributed by atoms with van der Waals surface area (Å²) in [6.07, 6.45) is 6.61. The van der Waals surface area contributed by atoms with Crippen molar-refractivity contribution in [1.29, 1.82) is 0 Å². The number of hydrogen-bond acceptors (Lipinski definition) is 7. The summed E-state index contributed by atoms with van der Waals surface area (Å²) in [5, 5.41) is 16.0. The van der Waals surface area contributed by atoms with Crippen molar-refractivity contribution in [3.63, 3.8) is 0 Å². The van der Waals surface area contributed by atoms with Crippen LogP contribution in [0.5, 0.6) is 0 Å². The molecule has 0 saturated carbocycles. The quantitative estimate of drug-likeness (QED) is 0.422. The second kappa shape index (κ2) is 9.00. The molecule has 1 saturated heterocycles. The van der Waals surface area contributed by atoms with Crippen molar-refractivity contribution in [3.05, 3.63) is 48.0 Å². The normalized spacial score (nSPS) is 16.3. The Hall–Kier alpha value is -2.32. The molecule has 0 amide bonds. The van der Waals surface area contributed by atoms with Crippen molar-refractivity contribution in [2.45, 2.75) is 19.1 Å². The van der Waals surface area contributed by atoms with Crippen molar-refractivity contribution in [3.8, 4) is 11.3 Å². The highest BCUT2D eigenvalue weighted by Crippen LogP contribution is 2.32. The van der Waals surface area contributed by atoms with Gasteiger partial charge in [0, 0.05) is 67.0 Å². The number of aliphatic hydroxyl groups excluding tert-OH is 1. The second-order valence-electron chi connectivity index (χ2n) is 7.31. The summed E-state index contributed by atoms with van der Waals surface area (Å²) < 4.78 is 0. The summed E-state index contributed by atoms with van der Waals surface area (Å²) in [6, 6.07) is 7.77. The van der Waals surface area contributed by atoms with E-state index in [-0.39, 0.29) is 5.92 Å². The van der Waals surface area contributed by atoms with Gasteiger partial charge in [-0.05, 0) is 37.1 Å². The Bertz CT molecular complexity index is 976. The molecule has 3 aromatic heterocycles. The lowest BCUT2D eigenvalue weighted by atomic mass is 9.94. The first-order valence-corrected chi connectivity index (χ1v) is 10.3. The Morgan fingerprint density at radius 3 is 2.83 bits per heavy atom. The summed E-state index contributed by atoms with van der Waals surface area (Å²) in [6.45, 7) is 2.80. The molecule has 1 unspecified atom stereocenters. The van der Waals surface area contributed by atoms with Crippen LogP contribution in [0.2, 0.25) is 5.15 Å². The number of aromatic nitrogens is 3. The molecule has 0 spiro atoms. The maximum absolute atomic E-state index is 10.3. The van der Waals surface area contributed by atoms with E-state index in [9.17, 15) is 5.11 Å². The van der Waals surface area contributed by atoms with Gasteiger partial charge in [0.05, 0.1) is 5.69 Å². The number of nitrogens with two attached hydrogens (primary N) is 1. The average Bonchev–Trinajstić information content (AvgIpc) is 2.77. The van der Waals surface area contributed by atoms with E-state index in [4.69, 9.17) is 22.3 Å². The van der Waals surface area contributed by atoms with Crippen LogP contribution in [0.3, 0.4) is 0 Å². The zero-order valence-corrected chi connectivity index (χ0v) is 16.9. The predicted molar refractivity (Wildman–Crippen MR) is 116 cm³/mol. The summed E-state index contributed by atoms with van der Waals surface area (Å²) in [5.74, 6) is 1.16. The van der Waals surface area contributed by atoms with E-state index in [2.05, 4.69) is 20.2 Å². The minimum absolute atomic E-state index is 0.216. The van der Waals surface area contributed by atoms with Gasteiger partial charge in [0.1, 0.15) is 17.2 Å². The molecule has 0 bridgehead atoms. The van der Waals surface area contributed by atoms with E-state index in [0.29, 0.717) is 18.2 Å². The number of aliphatic hydroxyl groups is 1. The lowest BCUT2D eigenvalue weighted by Gasteiger charge is -2.35. The zero-order valence-electron chi connectivity index (χ0n) is 16.1. The molecule has 0 aliphatic carbocycles. The third kappa shape index (κ3) is 4.48. The van der Waals surface area contributed by atoms with Gasteiger partial charge >= 0.3 is 0 Å². The number of rotatable bonds is 6. The van der Waals surface area contributed by atoms with Gasteiger partial charge in [-0.2, -0.15) is 0 Å². The number of nitrogens with one attached hydrogen (secondary N) is 1. The number of hydrogen-bond donors (Lipinski definition) is 3. The number of halogens is 1. The van der Waals surface area contributed by atoms with Crippen molar-refractivity contribution in [1.82, 2.24) is 20.3 Å². The standard InChI is InChI=1S/C21H25ClN6O/c22-19-12-15(1-7-25-19)18-11-16-13-24-6-2-17(16)20(27-18)28-9-3-14(4-10-28)21(29)26-8-5-23/h1-2,6-7,11-14,21,26,29H,3-5,8-10,23H2. The Morgan fingerprint density at radius 1 is 1.24 bits per heavy atom. The van der Waals surface area contributed by atoms with E-state index in [0.717, 1.165) is 53.8 Å². The Morgan fingerprint density at radius 2 is 2.07 bits per heavy atom. The van der Waals surface area contributed by atoms with Gasteiger partial charge in [0.2, 0.25) is 0 Å². The maximum atomic E-state index is 10.3. The highest BCUT2D eigenvalue weighted by Gasteiger charge is 2.26. The predicted octanol–water partition coefficient (Wildman–Crippen LogP) is 2.43. The Labute approximate surface area is 174 Å². The topological polar surface area (TPSA) is 100 Å². The Kier molecular flexibility index (Phi) is 6.20. The van der Waals surface area contributed by atoms with Gasteiger partial charge in [0.15, 0.2) is 0 Å². The molecule has 1 aliphatic rings. The molecule has 29 heavy (non-hydrogen) atoms. The van der Waals surface area contributed by atoms with Crippen LogP contribution >= 0.6 is 11.6 Å². The summed E-state index contributed by atoms with van der Waals surface area (Å²) >= 11 is 6.08. The van der Waals surface area contributed by atoms with E-state index in [1.54, 1.807) is 12.4 Å². The van der Waals surface area contributed by atoms with Crippen LogP contribution in [0.4, 0.5) is 5.82 Å². The smallest absolute Gasteiger partial charge is 0.137 e. The number of fused-ring (bicyclic) bond motifs is 1. The van der Waals surface area contributed by atoms with Crippen LogP contribution in [0, 0.1) is 5.92 Å². The van der Waals surface area contributed by atoms with E-state index in [1.165, 1.54) is 0 Å². The first-order chi connectivity index (χ1) is 14.2. The minimum atomic E-state index is -0.514. The molecule has 1 fully saturated rings. The molecule has 4 N–H and O–H groups in total. The van der Waals surface area contributed by atoms with Crippen molar-refractivity contribution in [2.24, 2.45) is 11.7 Å². The highest BCUT2D eigenvalue weighted by atomic mass is 35.5. The molecule has 1 atom stereocenters. The number of anilines is 1. The van der Waals surface area contributed by atoms with Gasteiger partial charge in [-0.15, -0.1) is 0 Å². The van der Waals surface area contributed by atoms with E-state index >= 15 is 0 Å². The van der Waals surface area contributed by atoms with Crippen LogP contribution < -0.4 is 16.0 Å². The number of nitrogens with zero attached hydrogens (tertiary/aromatic N) is 4. The third-order valence-electron chi connectivity index (χ3n) is 5.42. The summed E-state index contributed by atoms with van der Waals surface area (Å²) in [5.41, 5.74) is 7.29. The zero-order chi connectivity index (χ0) is 20.2. The molecular weight excluding hydrogens is 388 g/mol. The van der Waals surface area contributed by atoms with Gasteiger partial charge in [-0.25, -0.2) is 9.97 Å². The molecule has 4 heterocycles. The van der Waals surface area contributed by atoms with E-state index < -0.39 is 6.23 Å². The van der Waals surface area contributed by atoms with Crippen LogP contribution in [-0.2, 0) is 0 Å². The Balaban J connectivity index is 1.62. The fourth-order valence-electron chi connectivity index (χ4n) is 3.85. The maximum Gasteiger partial charge on any atom is 0.137 e. The first-order valence-electron chi connectivity index (χ1n) is 9.89. The number of piperidine rings is 1. The highest BCUT2D eigenvalue weighted by molar-refractivity contribution is 6.29. The molecule has 7 nitrogen and oxygen atoms in total. The number of pyridine rings is 3. The first kappa shape index (κ1) is 20.0. The molecule has 3 aromatic rings. The van der Waals surface area contributed by atoms with Gasteiger partial charge < -0.3 is 15.7 Å². The van der Waals surface area contributed by atoms with E-state index in [1.807, 2.05) is 30.5 Å². The molecule has 152 valence electrons. The fraction of sp³-hybridized carbons (Fsp3) is 0.381. The van der Waals surface area contributed by atoms with Crippen LogP contribution in [0.15, 0.2) is 42.9 Å². The summed E-state index contributed by atoms with van der Waals surface area (Å²) in [7, 11) is 0. The largest absolute Gasteiger partial charge is 0.378 e. The summed E-state index contributed by atoms with van der Waals surface area (Å²) in [4.78, 5) is 15.6. The van der Waals surface area contributed by atoms with Crippen molar-refractivity contribution < 1.29 is 5.11 Å². The van der Waals surface area contributed by atoms with Crippen LogP contribution in [-0.4, -0.2) is 52.5 Å². The van der Waals surface area contributed by atoms with Gasteiger partial charge in [-0.1, -0.05) is 11.6 Å². The average molecular weight is 413 g/mol. The van der Waals surface area contributed by atoms with Crippen LogP contribution in [0.1, 0.15) is 12.8 Å². The van der Waals surface area contributed by atoms with Gasteiger partial charge in [0.25, 0.3) is 0 Å². The van der Waals surface area contributed by atoms with Crippen molar-refractivity contribution in [2.75, 3.05) is 31.1 Å². The molecule has 8 heteroatoms. The van der Waals surface area contributed by atoms with Gasteiger partial charge in [-0.3, -0.25) is 10.3 Å². The fourth-order valence-corrected chi connectivity index (χ4v) is 4.03. The third-order valence-corrected chi connectivity index (χ3v) is 5.62. The lowest BCUT2D eigenvalue weighted by molar-refractivity contribution is 0.0631. The molecule has 0 aromatic carbocycles. The second-order valence-corrected chi connectivity index (χ2v) is 7.69. The molecule has 0 radical (unpaired) electrons. The molecule has 4 rings (SSSR count). The molecule has 1 aliphatic heterocycles. The monoisotopic (exact) mass is 412 g/mol. The SMILES string of the molecule is NCCNC(O)C1CCN(c2nc(-c3ccnc(Cl)c3)cc3cnccc23)CC1. The minimum Gasteiger partial charge on any atom is -0.378 e. The van der Waals surface area contributed by atoms with Crippen molar-refractivity contribution >= 4 is 28.2 Å².